The number of nitrogens with one attached hydrogen (secondary N) is 1. The molecule has 2 heterocycles. The summed E-state index contributed by atoms with van der Waals surface area (Å²) in [6, 6.07) is -0.0153. The zero-order chi connectivity index (χ0) is 15.1. The van der Waals surface area contributed by atoms with Gasteiger partial charge in [0.1, 0.15) is 10.6 Å². The zero-order valence-electron chi connectivity index (χ0n) is 12.2. The van der Waals surface area contributed by atoms with Crippen molar-refractivity contribution in [3.8, 4) is 0 Å². The second kappa shape index (κ2) is 5.12. The number of nitrogens with zero attached hydrogens (tertiary/aromatic N) is 2. The van der Waals surface area contributed by atoms with E-state index in [9.17, 15) is 13.2 Å². The van der Waals surface area contributed by atoms with Gasteiger partial charge in [-0.15, -0.1) is 0 Å². The average molecular weight is 311 g/mol. The summed E-state index contributed by atoms with van der Waals surface area (Å²) in [5.74, 6) is 0.718. The van der Waals surface area contributed by atoms with Crippen LogP contribution < -0.4 is 5.32 Å². The molecule has 1 N–H and O–H groups in total. The maximum atomic E-state index is 12.6. The summed E-state index contributed by atoms with van der Waals surface area (Å²) in [6.07, 6.45) is 8.96. The molecule has 1 aromatic rings. The number of aryl methyl sites for hydroxylation is 1. The van der Waals surface area contributed by atoms with Gasteiger partial charge in [0, 0.05) is 37.7 Å². The van der Waals surface area contributed by atoms with Crippen molar-refractivity contribution < 1.29 is 13.2 Å². The van der Waals surface area contributed by atoms with Crippen LogP contribution in [0.1, 0.15) is 37.9 Å². The Kier molecular flexibility index (Phi) is 3.55. The topological polar surface area (TPSA) is 81.1 Å². The number of amides is 1. The third-order valence-corrected chi connectivity index (χ3v) is 6.82. The highest BCUT2D eigenvalue weighted by Gasteiger charge is 2.50. The molecule has 0 radical (unpaired) electrons. The van der Waals surface area contributed by atoms with Crippen LogP contribution in [-0.2, 0) is 27.6 Å². The van der Waals surface area contributed by atoms with Crippen LogP contribution in [0.4, 0.5) is 0 Å². The lowest BCUT2D eigenvalue weighted by Gasteiger charge is -2.30. The lowest BCUT2D eigenvalue weighted by Crippen LogP contribution is -2.54. The number of carbonyl (C=O) groups excluding carboxylic acids is 1. The van der Waals surface area contributed by atoms with Gasteiger partial charge in [-0.3, -0.25) is 4.79 Å². The van der Waals surface area contributed by atoms with Crippen molar-refractivity contribution in [3.63, 3.8) is 0 Å². The number of imidazole rings is 1. The van der Waals surface area contributed by atoms with E-state index in [0.29, 0.717) is 19.4 Å². The van der Waals surface area contributed by atoms with E-state index in [2.05, 4.69) is 10.3 Å². The second-order valence-electron chi connectivity index (χ2n) is 6.18. The van der Waals surface area contributed by atoms with Crippen LogP contribution in [0.3, 0.4) is 0 Å². The molecule has 116 valence electrons. The summed E-state index contributed by atoms with van der Waals surface area (Å²) in [5, 5.41) is 2.97. The largest absolute Gasteiger partial charge is 0.350 e. The summed E-state index contributed by atoms with van der Waals surface area (Å²) in [6.45, 7) is 0.668. The van der Waals surface area contributed by atoms with E-state index < -0.39 is 14.6 Å². The first-order chi connectivity index (χ1) is 9.92. The Balaban J connectivity index is 1.74. The lowest BCUT2D eigenvalue weighted by molar-refractivity contribution is -0.124. The molecule has 0 bridgehead atoms. The molecule has 2 aliphatic rings. The number of fused-ring (bicyclic) bond motifs is 1. The minimum absolute atomic E-state index is 0.0153. The zero-order valence-corrected chi connectivity index (χ0v) is 13.0. The van der Waals surface area contributed by atoms with Crippen LogP contribution in [0, 0.1) is 0 Å². The number of aromatic nitrogens is 2. The van der Waals surface area contributed by atoms with Gasteiger partial charge in [-0.25, -0.2) is 13.4 Å². The molecule has 7 heteroatoms. The first kappa shape index (κ1) is 14.6. The Hall–Kier alpha value is -1.37. The molecule has 0 unspecified atom stereocenters. The summed E-state index contributed by atoms with van der Waals surface area (Å²) >= 11 is 0. The molecule has 0 aromatic carbocycles. The molecule has 1 saturated carbocycles. The number of rotatable bonds is 3. The van der Waals surface area contributed by atoms with Crippen LogP contribution in [-0.4, -0.2) is 40.9 Å². The van der Waals surface area contributed by atoms with E-state index in [1.807, 2.05) is 10.8 Å². The van der Waals surface area contributed by atoms with Crippen molar-refractivity contribution in [1.29, 1.82) is 0 Å². The number of sulfone groups is 1. The van der Waals surface area contributed by atoms with Gasteiger partial charge in [0.05, 0.1) is 0 Å². The van der Waals surface area contributed by atoms with Crippen molar-refractivity contribution in [3.05, 3.63) is 18.2 Å². The third-order valence-electron chi connectivity index (χ3n) is 4.81. The highest BCUT2D eigenvalue weighted by molar-refractivity contribution is 7.92. The highest BCUT2D eigenvalue weighted by atomic mass is 32.2. The van der Waals surface area contributed by atoms with E-state index >= 15 is 0 Å². The van der Waals surface area contributed by atoms with Gasteiger partial charge in [0.15, 0.2) is 9.84 Å². The van der Waals surface area contributed by atoms with Crippen molar-refractivity contribution in [2.24, 2.45) is 0 Å². The fourth-order valence-electron chi connectivity index (χ4n) is 3.51. The Morgan fingerprint density at radius 2 is 2.14 bits per heavy atom. The fraction of sp³-hybridized carbons (Fsp3) is 0.714. The van der Waals surface area contributed by atoms with Crippen molar-refractivity contribution in [2.45, 2.75) is 55.9 Å². The first-order valence-electron chi connectivity index (χ1n) is 7.43. The number of carbonyl (C=O) groups is 1. The van der Waals surface area contributed by atoms with Gasteiger partial charge >= 0.3 is 0 Å². The monoisotopic (exact) mass is 311 g/mol. The Morgan fingerprint density at radius 1 is 1.43 bits per heavy atom. The van der Waals surface area contributed by atoms with E-state index in [1.54, 1.807) is 6.20 Å². The predicted molar refractivity (Wildman–Crippen MR) is 78.5 cm³/mol. The molecule has 6 nitrogen and oxygen atoms in total. The molecule has 1 aliphatic heterocycles. The van der Waals surface area contributed by atoms with Crippen molar-refractivity contribution in [2.75, 3.05) is 6.26 Å². The summed E-state index contributed by atoms with van der Waals surface area (Å²) < 4.78 is 25.1. The van der Waals surface area contributed by atoms with Gasteiger partial charge in [0.25, 0.3) is 0 Å². The number of hydrogen-bond donors (Lipinski definition) is 1. The molecular formula is C14H21N3O3S. The van der Waals surface area contributed by atoms with Gasteiger partial charge in [-0.05, 0) is 19.3 Å². The second-order valence-corrected chi connectivity index (χ2v) is 8.50. The van der Waals surface area contributed by atoms with Crippen molar-refractivity contribution in [1.82, 2.24) is 14.9 Å². The Labute approximate surface area is 124 Å². The molecule has 1 amide bonds. The van der Waals surface area contributed by atoms with Gasteiger partial charge in [-0.1, -0.05) is 12.8 Å². The van der Waals surface area contributed by atoms with Crippen molar-refractivity contribution >= 4 is 15.7 Å². The third kappa shape index (κ3) is 2.47. The molecule has 21 heavy (non-hydrogen) atoms. The van der Waals surface area contributed by atoms with Crippen LogP contribution in [0.25, 0.3) is 0 Å². The standard InChI is InChI=1S/C14H21N3O3S/c1-21(19,20)14(6-2-3-7-14)13(18)16-11-4-5-12-15-8-9-17(12)10-11/h8-9,11H,2-7,10H2,1H3,(H,16,18)/t11-/m1/s1. The SMILES string of the molecule is CS(=O)(=O)C1(C(=O)N[C@@H]2CCc3nccn3C2)CCCC1. The van der Waals surface area contributed by atoms with Gasteiger partial charge in [-0.2, -0.15) is 0 Å². The lowest BCUT2D eigenvalue weighted by atomic mass is 10.0. The summed E-state index contributed by atoms with van der Waals surface area (Å²) in [4.78, 5) is 16.9. The maximum absolute atomic E-state index is 12.6. The summed E-state index contributed by atoms with van der Waals surface area (Å²) in [7, 11) is -3.40. The number of hydrogen-bond acceptors (Lipinski definition) is 4. The maximum Gasteiger partial charge on any atom is 0.241 e. The minimum Gasteiger partial charge on any atom is -0.350 e. The Bertz CT molecular complexity index is 644. The van der Waals surface area contributed by atoms with Crippen LogP contribution in [0.5, 0.6) is 0 Å². The quantitative estimate of drug-likeness (QED) is 0.889. The molecule has 1 aromatic heterocycles. The van der Waals surface area contributed by atoms with Gasteiger partial charge in [0.2, 0.25) is 5.91 Å². The molecule has 1 atom stereocenters. The normalized spacial score (nSPS) is 24.5. The van der Waals surface area contributed by atoms with E-state index in [1.165, 1.54) is 6.26 Å². The van der Waals surface area contributed by atoms with E-state index in [-0.39, 0.29) is 11.9 Å². The average Bonchev–Trinajstić information content (AvgIpc) is 3.07. The van der Waals surface area contributed by atoms with Gasteiger partial charge < -0.3 is 9.88 Å². The summed E-state index contributed by atoms with van der Waals surface area (Å²) in [5.41, 5.74) is 0. The smallest absolute Gasteiger partial charge is 0.241 e. The molecule has 1 fully saturated rings. The van der Waals surface area contributed by atoms with Crippen LogP contribution in [0.2, 0.25) is 0 Å². The van der Waals surface area contributed by atoms with Crippen LogP contribution >= 0.6 is 0 Å². The predicted octanol–water partition coefficient (Wildman–Crippen LogP) is 0.671. The van der Waals surface area contributed by atoms with E-state index in [4.69, 9.17) is 0 Å². The van der Waals surface area contributed by atoms with E-state index in [0.717, 1.165) is 31.5 Å². The molecule has 1 aliphatic carbocycles. The molecular weight excluding hydrogens is 290 g/mol. The first-order valence-corrected chi connectivity index (χ1v) is 9.32. The Morgan fingerprint density at radius 3 is 2.81 bits per heavy atom. The van der Waals surface area contributed by atoms with Crippen LogP contribution in [0.15, 0.2) is 12.4 Å². The molecule has 0 spiro atoms. The molecule has 0 saturated heterocycles. The fourth-order valence-corrected chi connectivity index (χ4v) is 4.94. The molecule has 3 rings (SSSR count). The highest BCUT2D eigenvalue weighted by Crippen LogP contribution is 2.37. The minimum atomic E-state index is -3.40.